The van der Waals surface area contributed by atoms with Crippen molar-refractivity contribution in [2.75, 3.05) is 57.9 Å². The van der Waals surface area contributed by atoms with Crippen LogP contribution in [0.2, 0.25) is 0 Å². The summed E-state index contributed by atoms with van der Waals surface area (Å²) in [5.41, 5.74) is 1.31. The molecule has 0 atom stereocenters. The van der Waals surface area contributed by atoms with Crippen molar-refractivity contribution in [2.45, 2.75) is 19.3 Å². The lowest BCUT2D eigenvalue weighted by atomic mass is 10.2. The highest BCUT2D eigenvalue weighted by Gasteiger charge is 2.21. The molecule has 140 valence electrons. The normalized spacial score (nSPS) is 18.0. The van der Waals surface area contributed by atoms with Crippen LogP contribution in [-0.2, 0) is 4.74 Å². The van der Waals surface area contributed by atoms with Crippen molar-refractivity contribution in [3.8, 4) is 0 Å². The van der Waals surface area contributed by atoms with Crippen LogP contribution in [0.15, 0.2) is 35.3 Å². The number of rotatable bonds is 7. The molecule has 0 unspecified atom stereocenters. The molecule has 1 heterocycles. The lowest BCUT2D eigenvalue weighted by Gasteiger charge is -2.37. The van der Waals surface area contributed by atoms with Gasteiger partial charge in [-0.2, -0.15) is 0 Å². The van der Waals surface area contributed by atoms with E-state index in [9.17, 15) is 0 Å². The van der Waals surface area contributed by atoms with E-state index in [-0.39, 0.29) is 24.0 Å². The van der Waals surface area contributed by atoms with E-state index >= 15 is 0 Å². The Morgan fingerprint density at radius 3 is 2.52 bits per heavy atom. The molecular formula is C19H31IN4O. The summed E-state index contributed by atoms with van der Waals surface area (Å²) >= 11 is 0. The number of anilines is 1. The predicted octanol–water partition coefficient (Wildman–Crippen LogP) is 2.82. The van der Waals surface area contributed by atoms with Gasteiger partial charge in [0.05, 0.1) is 0 Å². The average Bonchev–Trinajstić information content (AvgIpc) is 3.47. The minimum Gasteiger partial charge on any atom is -0.381 e. The highest BCUT2D eigenvalue weighted by Crippen LogP contribution is 2.28. The average molecular weight is 458 g/mol. The van der Waals surface area contributed by atoms with Crippen LogP contribution in [-0.4, -0.2) is 63.8 Å². The first-order valence-corrected chi connectivity index (χ1v) is 9.20. The Balaban J connectivity index is 0.00000225. The molecule has 25 heavy (non-hydrogen) atoms. The molecule has 1 aliphatic carbocycles. The Hall–Kier alpha value is -1.02. The summed E-state index contributed by atoms with van der Waals surface area (Å²) < 4.78 is 5.68. The third kappa shape index (κ3) is 6.66. The zero-order valence-corrected chi connectivity index (χ0v) is 17.5. The van der Waals surface area contributed by atoms with Crippen LogP contribution in [0.3, 0.4) is 0 Å². The van der Waals surface area contributed by atoms with E-state index < -0.39 is 0 Å². The predicted molar refractivity (Wildman–Crippen MR) is 115 cm³/mol. The first-order valence-electron chi connectivity index (χ1n) is 9.20. The van der Waals surface area contributed by atoms with Gasteiger partial charge in [-0.05, 0) is 37.3 Å². The van der Waals surface area contributed by atoms with Crippen LogP contribution in [0.25, 0.3) is 0 Å². The van der Waals surface area contributed by atoms with Gasteiger partial charge in [-0.3, -0.25) is 4.99 Å². The number of hydrogen-bond acceptors (Lipinski definition) is 3. The van der Waals surface area contributed by atoms with Gasteiger partial charge in [-0.1, -0.05) is 18.2 Å². The molecule has 0 bridgehead atoms. The number of aliphatic imine (C=N–C) groups is 1. The molecule has 1 aliphatic heterocycles. The lowest BCUT2D eigenvalue weighted by Crippen LogP contribution is -2.52. The largest absolute Gasteiger partial charge is 0.381 e. The third-order valence-electron chi connectivity index (χ3n) is 4.71. The highest BCUT2D eigenvalue weighted by molar-refractivity contribution is 14.0. The van der Waals surface area contributed by atoms with Gasteiger partial charge in [0, 0.05) is 58.7 Å². The number of hydrogen-bond donors (Lipinski definition) is 1. The summed E-state index contributed by atoms with van der Waals surface area (Å²) in [4.78, 5) is 9.23. The fraction of sp³-hybridized carbons (Fsp3) is 0.632. The third-order valence-corrected chi connectivity index (χ3v) is 4.71. The number of para-hydroxylation sites is 1. The van der Waals surface area contributed by atoms with Gasteiger partial charge >= 0.3 is 0 Å². The number of nitrogens with one attached hydrogen (secondary N) is 1. The van der Waals surface area contributed by atoms with E-state index in [1.54, 1.807) is 0 Å². The smallest absolute Gasteiger partial charge is 0.193 e. The minimum absolute atomic E-state index is 0. The van der Waals surface area contributed by atoms with Gasteiger partial charge in [0.1, 0.15) is 0 Å². The zero-order chi connectivity index (χ0) is 16.6. The summed E-state index contributed by atoms with van der Waals surface area (Å²) in [6.45, 7) is 6.82. The molecule has 0 aromatic heterocycles. The Labute approximate surface area is 168 Å². The summed E-state index contributed by atoms with van der Waals surface area (Å²) in [6.07, 6.45) is 3.76. The van der Waals surface area contributed by atoms with Crippen molar-refractivity contribution < 1.29 is 4.74 Å². The maximum absolute atomic E-state index is 5.68. The van der Waals surface area contributed by atoms with Crippen LogP contribution in [0.1, 0.15) is 19.3 Å². The van der Waals surface area contributed by atoms with E-state index in [4.69, 9.17) is 4.74 Å². The SMILES string of the molecule is CN=C(NCCCOCC1CC1)N1CCN(c2ccccc2)CC1.I. The zero-order valence-electron chi connectivity index (χ0n) is 15.2. The molecule has 5 nitrogen and oxygen atoms in total. The van der Waals surface area contributed by atoms with E-state index in [0.29, 0.717) is 0 Å². The maximum atomic E-state index is 5.68. The first kappa shape index (κ1) is 20.3. The van der Waals surface area contributed by atoms with Crippen molar-refractivity contribution in [2.24, 2.45) is 10.9 Å². The second-order valence-electron chi connectivity index (χ2n) is 6.66. The van der Waals surface area contributed by atoms with Crippen molar-refractivity contribution in [3.05, 3.63) is 30.3 Å². The van der Waals surface area contributed by atoms with Crippen molar-refractivity contribution in [1.82, 2.24) is 10.2 Å². The molecule has 0 radical (unpaired) electrons. The first-order chi connectivity index (χ1) is 11.9. The molecule has 1 aromatic carbocycles. The number of ether oxygens (including phenoxy) is 1. The van der Waals surface area contributed by atoms with E-state index in [2.05, 4.69) is 50.4 Å². The van der Waals surface area contributed by atoms with Gasteiger partial charge in [0.25, 0.3) is 0 Å². The standard InChI is InChI=1S/C19H30N4O.HI/c1-20-19(21-10-5-15-24-16-17-8-9-17)23-13-11-22(12-14-23)18-6-3-2-4-7-18;/h2-4,6-7,17H,5,8-16H2,1H3,(H,20,21);1H. The van der Waals surface area contributed by atoms with Crippen molar-refractivity contribution in [3.63, 3.8) is 0 Å². The number of nitrogens with zero attached hydrogens (tertiary/aromatic N) is 3. The lowest BCUT2D eigenvalue weighted by molar-refractivity contribution is 0.122. The molecule has 1 aromatic rings. The van der Waals surface area contributed by atoms with Gasteiger partial charge in [-0.25, -0.2) is 0 Å². The Morgan fingerprint density at radius 2 is 1.88 bits per heavy atom. The highest BCUT2D eigenvalue weighted by atomic mass is 127. The molecule has 3 rings (SSSR count). The van der Waals surface area contributed by atoms with Gasteiger partial charge in [-0.15, -0.1) is 24.0 Å². The van der Waals surface area contributed by atoms with E-state index in [0.717, 1.165) is 64.2 Å². The van der Waals surface area contributed by atoms with Crippen LogP contribution >= 0.6 is 24.0 Å². The number of benzene rings is 1. The Morgan fingerprint density at radius 1 is 1.16 bits per heavy atom. The molecule has 2 aliphatic rings. The fourth-order valence-electron chi connectivity index (χ4n) is 3.06. The van der Waals surface area contributed by atoms with Crippen LogP contribution in [0.4, 0.5) is 5.69 Å². The second kappa shape index (κ2) is 10.9. The summed E-state index contributed by atoms with van der Waals surface area (Å²) in [5.74, 6) is 1.87. The molecule has 2 fully saturated rings. The Kier molecular flexibility index (Phi) is 8.81. The Bertz CT molecular complexity index is 513. The monoisotopic (exact) mass is 458 g/mol. The number of guanidine groups is 1. The molecule has 1 saturated carbocycles. The van der Waals surface area contributed by atoms with Crippen LogP contribution in [0, 0.1) is 5.92 Å². The molecule has 6 heteroatoms. The molecule has 1 N–H and O–H groups in total. The second-order valence-corrected chi connectivity index (χ2v) is 6.66. The minimum atomic E-state index is 0. The van der Waals surface area contributed by atoms with Gasteiger partial charge < -0.3 is 19.9 Å². The van der Waals surface area contributed by atoms with Crippen LogP contribution < -0.4 is 10.2 Å². The van der Waals surface area contributed by atoms with Crippen molar-refractivity contribution in [1.29, 1.82) is 0 Å². The molecule has 0 amide bonds. The van der Waals surface area contributed by atoms with Crippen LogP contribution in [0.5, 0.6) is 0 Å². The molecule has 0 spiro atoms. The van der Waals surface area contributed by atoms with Gasteiger partial charge in [0.15, 0.2) is 5.96 Å². The summed E-state index contributed by atoms with van der Waals surface area (Å²) in [6, 6.07) is 10.6. The maximum Gasteiger partial charge on any atom is 0.193 e. The van der Waals surface area contributed by atoms with E-state index in [1.165, 1.54) is 18.5 Å². The fourth-order valence-corrected chi connectivity index (χ4v) is 3.06. The van der Waals surface area contributed by atoms with Gasteiger partial charge in [0.2, 0.25) is 0 Å². The molecule has 1 saturated heterocycles. The van der Waals surface area contributed by atoms with E-state index in [1.807, 2.05) is 7.05 Å². The molecular weight excluding hydrogens is 427 g/mol. The number of piperazine rings is 1. The number of halogens is 1. The quantitative estimate of drug-likeness (QED) is 0.295. The van der Waals surface area contributed by atoms with Crippen molar-refractivity contribution >= 4 is 35.6 Å². The summed E-state index contributed by atoms with van der Waals surface area (Å²) in [5, 5.41) is 3.47. The summed E-state index contributed by atoms with van der Waals surface area (Å²) in [7, 11) is 1.87. The topological polar surface area (TPSA) is 40.1 Å².